The average Bonchev–Trinajstić information content (AvgIpc) is 3.02. The Balaban J connectivity index is 2.23. The molecule has 9 heteroatoms. The number of nitrogens with one attached hydrogen (secondary N) is 1. The van der Waals surface area contributed by atoms with E-state index in [0.717, 1.165) is 4.68 Å². The van der Waals surface area contributed by atoms with E-state index in [1.54, 1.807) is 58.9 Å². The Morgan fingerprint density at radius 3 is 2.41 bits per heavy atom. The summed E-state index contributed by atoms with van der Waals surface area (Å²) in [4.78, 5) is 12.9. The van der Waals surface area contributed by atoms with Gasteiger partial charge in [0.05, 0.1) is 19.8 Å². The number of esters is 1. The topological polar surface area (TPSA) is 65.4 Å². The van der Waals surface area contributed by atoms with E-state index in [0.29, 0.717) is 17.0 Å². The molecule has 3 rings (SSSR count). The molecule has 0 bridgehead atoms. The Kier molecular flexibility index (Phi) is 6.31. The number of nitrogens with zero attached hydrogens (tertiary/aromatic N) is 2. The van der Waals surface area contributed by atoms with Crippen molar-refractivity contribution in [3.63, 3.8) is 0 Å². The zero-order valence-electron chi connectivity index (χ0n) is 19.1. The van der Waals surface area contributed by atoms with Crippen molar-refractivity contribution >= 4 is 11.5 Å². The highest BCUT2D eigenvalue weighted by molar-refractivity contribution is 6.17. The Labute approximate surface area is 185 Å². The molecule has 0 atom stereocenters. The highest BCUT2D eigenvalue weighted by Crippen LogP contribution is 2.43. The second kappa shape index (κ2) is 8.52. The summed E-state index contributed by atoms with van der Waals surface area (Å²) in [5.74, 6) is -0.0997. The zero-order valence-corrected chi connectivity index (χ0v) is 19.1. The molecule has 1 aliphatic rings. The Morgan fingerprint density at radius 1 is 1.25 bits per heavy atom. The van der Waals surface area contributed by atoms with Gasteiger partial charge < -0.3 is 14.8 Å². The number of aromatic nitrogens is 2. The van der Waals surface area contributed by atoms with Crippen molar-refractivity contribution in [2.75, 3.05) is 13.7 Å². The van der Waals surface area contributed by atoms with Crippen LogP contribution in [0.3, 0.4) is 0 Å². The van der Waals surface area contributed by atoms with Gasteiger partial charge in [-0.05, 0) is 38.5 Å². The lowest BCUT2D eigenvalue weighted by Crippen LogP contribution is -2.33. The Hall–Kier alpha value is -2.97. The van der Waals surface area contributed by atoms with Crippen molar-refractivity contribution in [3.8, 4) is 5.75 Å². The quantitative estimate of drug-likeness (QED) is 0.677. The largest absolute Gasteiger partial charge is 0.497 e. The first kappa shape index (κ1) is 23.7. The summed E-state index contributed by atoms with van der Waals surface area (Å²) in [7, 11) is 1.52. The molecule has 1 N–H and O–H groups in total. The second-order valence-corrected chi connectivity index (χ2v) is 8.77. The lowest BCUT2D eigenvalue weighted by molar-refractivity contribution is -0.145. The van der Waals surface area contributed by atoms with E-state index < -0.39 is 29.4 Å². The fraction of sp³-hybridized carbons (Fsp3) is 0.478. The van der Waals surface area contributed by atoms with E-state index in [-0.39, 0.29) is 29.9 Å². The summed E-state index contributed by atoms with van der Waals surface area (Å²) in [6.07, 6.45) is -5.10. The maximum atomic E-state index is 14.4. The molecule has 0 saturated carbocycles. The minimum atomic E-state index is -4.67. The van der Waals surface area contributed by atoms with Gasteiger partial charge in [-0.1, -0.05) is 26.0 Å². The average molecular weight is 451 g/mol. The van der Waals surface area contributed by atoms with Gasteiger partial charge in [-0.3, -0.25) is 4.68 Å². The number of ether oxygens (including phenoxy) is 2. The molecule has 0 amide bonds. The van der Waals surface area contributed by atoms with E-state index in [9.17, 15) is 18.0 Å². The molecule has 2 heterocycles. The predicted molar refractivity (Wildman–Crippen MR) is 114 cm³/mol. The molecule has 0 aliphatic carbocycles. The molecule has 6 nitrogen and oxygen atoms in total. The van der Waals surface area contributed by atoms with Crippen LogP contribution in [0.4, 0.5) is 13.2 Å². The molecule has 0 saturated heterocycles. The fourth-order valence-electron chi connectivity index (χ4n) is 3.82. The smallest absolute Gasteiger partial charge is 0.433 e. The van der Waals surface area contributed by atoms with E-state index >= 15 is 0 Å². The van der Waals surface area contributed by atoms with Gasteiger partial charge in [0.2, 0.25) is 0 Å². The van der Waals surface area contributed by atoms with Crippen molar-refractivity contribution in [1.82, 2.24) is 15.1 Å². The highest BCUT2D eigenvalue weighted by atomic mass is 19.4. The van der Waals surface area contributed by atoms with E-state index in [2.05, 4.69) is 10.4 Å². The standard InChI is InChI=1S/C23H28F3N3O3/c1-13(2)32-21(30)17-14(3)27-12-22(4,5)18-19(17)28-29(20(18)23(24,25)26)11-15-7-9-16(31-6)10-8-15/h7-10,13,27H,11-12H2,1-6H3. The molecular weight excluding hydrogens is 423 g/mol. The highest BCUT2D eigenvalue weighted by Gasteiger charge is 2.47. The first-order valence-electron chi connectivity index (χ1n) is 10.3. The number of hydrogen-bond acceptors (Lipinski definition) is 5. The van der Waals surface area contributed by atoms with Gasteiger partial charge >= 0.3 is 12.1 Å². The van der Waals surface area contributed by atoms with Crippen LogP contribution in [-0.2, 0) is 27.7 Å². The lowest BCUT2D eigenvalue weighted by Gasteiger charge is -2.26. The van der Waals surface area contributed by atoms with Gasteiger partial charge in [0.25, 0.3) is 0 Å². The normalized spacial score (nSPS) is 15.8. The number of halogens is 3. The molecule has 1 aliphatic heterocycles. The van der Waals surface area contributed by atoms with Gasteiger partial charge in [0.15, 0.2) is 0 Å². The number of methoxy groups -OCH3 is 1. The maximum absolute atomic E-state index is 14.4. The van der Waals surface area contributed by atoms with Crippen LogP contribution in [0, 0.1) is 0 Å². The van der Waals surface area contributed by atoms with E-state index in [1.807, 2.05) is 0 Å². The van der Waals surface area contributed by atoms with Crippen molar-refractivity contribution in [3.05, 3.63) is 52.5 Å². The number of rotatable bonds is 5. The Bertz CT molecular complexity index is 1040. The third kappa shape index (κ3) is 4.61. The summed E-state index contributed by atoms with van der Waals surface area (Å²) >= 11 is 0. The summed E-state index contributed by atoms with van der Waals surface area (Å²) in [6.45, 7) is 8.54. The van der Waals surface area contributed by atoms with E-state index in [4.69, 9.17) is 9.47 Å². The van der Waals surface area contributed by atoms with Crippen molar-refractivity contribution in [2.45, 2.75) is 58.9 Å². The monoisotopic (exact) mass is 451 g/mol. The van der Waals surface area contributed by atoms with Crippen molar-refractivity contribution < 1.29 is 27.4 Å². The third-order valence-corrected chi connectivity index (χ3v) is 5.34. The van der Waals surface area contributed by atoms with Crippen LogP contribution in [0.1, 0.15) is 57.1 Å². The van der Waals surface area contributed by atoms with Crippen LogP contribution in [0.5, 0.6) is 5.75 Å². The van der Waals surface area contributed by atoms with Crippen molar-refractivity contribution in [1.29, 1.82) is 0 Å². The number of alkyl halides is 3. The molecule has 32 heavy (non-hydrogen) atoms. The minimum absolute atomic E-state index is 0.00369. The predicted octanol–water partition coefficient (Wildman–Crippen LogP) is 4.52. The van der Waals surface area contributed by atoms with Crippen LogP contribution in [0.2, 0.25) is 0 Å². The van der Waals surface area contributed by atoms with Crippen LogP contribution in [-0.4, -0.2) is 35.5 Å². The fourth-order valence-corrected chi connectivity index (χ4v) is 3.82. The van der Waals surface area contributed by atoms with Crippen LogP contribution in [0.25, 0.3) is 5.57 Å². The molecule has 2 aromatic rings. The molecule has 174 valence electrons. The molecule has 1 aromatic carbocycles. The van der Waals surface area contributed by atoms with Gasteiger partial charge in [-0.15, -0.1) is 0 Å². The number of hydrogen-bond donors (Lipinski definition) is 1. The Morgan fingerprint density at radius 2 is 1.88 bits per heavy atom. The number of fused-ring (bicyclic) bond motifs is 1. The summed E-state index contributed by atoms with van der Waals surface area (Å²) in [5, 5.41) is 7.42. The first-order valence-corrected chi connectivity index (χ1v) is 10.3. The minimum Gasteiger partial charge on any atom is -0.497 e. The molecular formula is C23H28F3N3O3. The number of carbonyl (C=O) groups is 1. The number of carbonyl (C=O) groups excluding carboxylic acids is 1. The molecule has 0 unspecified atom stereocenters. The number of allylic oxidation sites excluding steroid dienone is 1. The second-order valence-electron chi connectivity index (χ2n) is 8.77. The molecule has 0 spiro atoms. The third-order valence-electron chi connectivity index (χ3n) is 5.34. The van der Waals surface area contributed by atoms with Crippen LogP contribution in [0.15, 0.2) is 30.0 Å². The molecule has 0 fully saturated rings. The van der Waals surface area contributed by atoms with Crippen LogP contribution < -0.4 is 10.1 Å². The first-order chi connectivity index (χ1) is 14.8. The van der Waals surface area contributed by atoms with E-state index in [1.165, 1.54) is 7.11 Å². The van der Waals surface area contributed by atoms with Gasteiger partial charge in [-0.2, -0.15) is 18.3 Å². The van der Waals surface area contributed by atoms with Crippen molar-refractivity contribution in [2.24, 2.45) is 0 Å². The van der Waals surface area contributed by atoms with Gasteiger partial charge in [0.1, 0.15) is 22.7 Å². The summed E-state index contributed by atoms with van der Waals surface area (Å²) in [5.41, 5.74) is -0.734. The lowest BCUT2D eigenvalue weighted by atomic mass is 9.82. The van der Waals surface area contributed by atoms with Gasteiger partial charge in [0, 0.05) is 23.2 Å². The SMILES string of the molecule is COc1ccc(Cn2nc3c(c2C(F)(F)F)C(C)(C)CNC(C)=C3C(=O)OC(C)C)cc1. The maximum Gasteiger partial charge on any atom is 0.433 e. The van der Waals surface area contributed by atoms with Crippen LogP contribution >= 0.6 is 0 Å². The zero-order chi connectivity index (χ0) is 23.8. The summed E-state index contributed by atoms with van der Waals surface area (Å²) in [6, 6.07) is 6.74. The number of benzene rings is 1. The summed E-state index contributed by atoms with van der Waals surface area (Å²) < 4.78 is 54.5. The molecule has 1 aromatic heterocycles. The van der Waals surface area contributed by atoms with Gasteiger partial charge in [-0.25, -0.2) is 4.79 Å². The molecule has 0 radical (unpaired) electrons.